The zero-order chi connectivity index (χ0) is 11.7. The van der Waals surface area contributed by atoms with E-state index in [1.807, 2.05) is 6.92 Å². The van der Waals surface area contributed by atoms with Gasteiger partial charge in [-0.3, -0.25) is 0 Å². The summed E-state index contributed by atoms with van der Waals surface area (Å²) in [5, 5.41) is 9.43. The Bertz CT molecular complexity index is 425. The van der Waals surface area contributed by atoms with Gasteiger partial charge in [-0.05, 0) is 43.4 Å². The van der Waals surface area contributed by atoms with Gasteiger partial charge in [0.25, 0.3) is 0 Å². The van der Waals surface area contributed by atoms with Crippen LogP contribution < -0.4 is 4.74 Å². The highest BCUT2D eigenvalue weighted by atomic mass is 35.5. The van der Waals surface area contributed by atoms with E-state index in [0.29, 0.717) is 23.3 Å². The van der Waals surface area contributed by atoms with Crippen LogP contribution in [0, 0.1) is 12.8 Å². The van der Waals surface area contributed by atoms with Crippen molar-refractivity contribution in [1.82, 2.24) is 0 Å². The van der Waals surface area contributed by atoms with Crippen molar-refractivity contribution in [3.8, 4) is 5.75 Å². The molecule has 1 aromatic carbocycles. The fourth-order valence-electron chi connectivity index (χ4n) is 1.52. The fourth-order valence-corrected chi connectivity index (χ4v) is 1.85. The highest BCUT2D eigenvalue weighted by Crippen LogP contribution is 2.34. The van der Waals surface area contributed by atoms with E-state index in [4.69, 9.17) is 21.4 Å². The summed E-state index contributed by atoms with van der Waals surface area (Å²) in [4.78, 5) is 11.0. The molecule has 86 valence electrons. The highest BCUT2D eigenvalue weighted by molar-refractivity contribution is 6.32. The van der Waals surface area contributed by atoms with Gasteiger partial charge in [-0.15, -0.1) is 0 Å². The molecule has 1 fully saturated rings. The number of aromatic carboxylic acids is 1. The zero-order valence-electron chi connectivity index (χ0n) is 9.00. The molecule has 0 saturated heterocycles. The van der Waals surface area contributed by atoms with Crippen LogP contribution in [0.15, 0.2) is 12.1 Å². The van der Waals surface area contributed by atoms with Crippen LogP contribution in [0.25, 0.3) is 0 Å². The summed E-state index contributed by atoms with van der Waals surface area (Å²) < 4.78 is 5.50. The Balaban J connectivity index is 2.27. The highest BCUT2D eigenvalue weighted by Gasteiger charge is 2.24. The molecule has 0 radical (unpaired) electrons. The van der Waals surface area contributed by atoms with Gasteiger partial charge in [0.05, 0.1) is 11.6 Å². The Kier molecular flexibility index (Phi) is 3.06. The number of carboxylic acids is 1. The zero-order valence-corrected chi connectivity index (χ0v) is 9.75. The first-order chi connectivity index (χ1) is 7.58. The van der Waals surface area contributed by atoms with Crippen LogP contribution in [0.4, 0.5) is 0 Å². The summed E-state index contributed by atoms with van der Waals surface area (Å²) in [6, 6.07) is 3.30. The SMILES string of the molecule is Cc1cc(Cl)c(OCC2CC2)c(C(=O)O)c1. The number of carboxylic acid groups (broad SMARTS) is 1. The van der Waals surface area contributed by atoms with Gasteiger partial charge in [0.15, 0.2) is 5.75 Å². The second-order valence-corrected chi connectivity index (χ2v) is 4.59. The molecule has 0 spiro atoms. The third kappa shape index (κ3) is 2.47. The van der Waals surface area contributed by atoms with Crippen LogP contribution in [-0.4, -0.2) is 17.7 Å². The maximum Gasteiger partial charge on any atom is 0.339 e. The van der Waals surface area contributed by atoms with Crippen LogP contribution >= 0.6 is 11.6 Å². The van der Waals surface area contributed by atoms with Crippen molar-refractivity contribution >= 4 is 17.6 Å². The second kappa shape index (κ2) is 4.34. The molecule has 0 heterocycles. The number of benzene rings is 1. The first-order valence-electron chi connectivity index (χ1n) is 5.24. The summed E-state index contributed by atoms with van der Waals surface area (Å²) >= 11 is 5.99. The molecule has 0 bridgehead atoms. The first kappa shape index (κ1) is 11.3. The molecular weight excluding hydrogens is 228 g/mol. The van der Waals surface area contributed by atoms with Gasteiger partial charge in [-0.2, -0.15) is 0 Å². The van der Waals surface area contributed by atoms with Crippen molar-refractivity contribution in [2.24, 2.45) is 5.92 Å². The summed E-state index contributed by atoms with van der Waals surface area (Å²) in [5.41, 5.74) is 0.965. The molecule has 4 heteroatoms. The molecule has 0 aromatic heterocycles. The molecule has 1 N–H and O–H groups in total. The third-order valence-corrected chi connectivity index (χ3v) is 2.86. The lowest BCUT2D eigenvalue weighted by Gasteiger charge is -2.11. The Hall–Kier alpha value is -1.22. The van der Waals surface area contributed by atoms with E-state index in [1.54, 1.807) is 12.1 Å². The average molecular weight is 241 g/mol. The number of hydrogen-bond acceptors (Lipinski definition) is 2. The van der Waals surface area contributed by atoms with E-state index in [1.165, 1.54) is 0 Å². The van der Waals surface area contributed by atoms with Gasteiger partial charge in [0.1, 0.15) is 5.56 Å². The second-order valence-electron chi connectivity index (χ2n) is 4.18. The summed E-state index contributed by atoms with van der Waals surface area (Å²) in [5.74, 6) is -0.137. The summed E-state index contributed by atoms with van der Waals surface area (Å²) in [7, 11) is 0. The molecule has 1 aliphatic carbocycles. The Morgan fingerprint density at radius 1 is 1.56 bits per heavy atom. The number of carbonyl (C=O) groups is 1. The van der Waals surface area contributed by atoms with Gasteiger partial charge in [0, 0.05) is 0 Å². The van der Waals surface area contributed by atoms with E-state index >= 15 is 0 Å². The number of halogens is 1. The molecule has 2 rings (SSSR count). The normalized spacial score (nSPS) is 14.9. The molecule has 1 aliphatic rings. The summed E-state index contributed by atoms with van der Waals surface area (Å²) in [6.07, 6.45) is 2.32. The van der Waals surface area contributed by atoms with E-state index in [0.717, 1.165) is 18.4 Å². The van der Waals surface area contributed by atoms with Gasteiger partial charge < -0.3 is 9.84 Å². The number of aryl methyl sites for hydroxylation is 1. The molecule has 0 atom stereocenters. The quantitative estimate of drug-likeness (QED) is 0.880. The predicted molar refractivity (Wildman–Crippen MR) is 61.4 cm³/mol. The van der Waals surface area contributed by atoms with Gasteiger partial charge in [-0.25, -0.2) is 4.79 Å². The van der Waals surface area contributed by atoms with Crippen LogP contribution in [0.5, 0.6) is 5.75 Å². The minimum atomic E-state index is -1.00. The third-order valence-electron chi connectivity index (χ3n) is 2.58. The largest absolute Gasteiger partial charge is 0.491 e. The van der Waals surface area contributed by atoms with E-state index in [9.17, 15) is 4.79 Å². The van der Waals surface area contributed by atoms with Crippen molar-refractivity contribution in [2.45, 2.75) is 19.8 Å². The van der Waals surface area contributed by atoms with Crippen molar-refractivity contribution in [3.05, 3.63) is 28.3 Å². The standard InChI is InChI=1S/C12H13ClO3/c1-7-4-9(12(14)15)11(10(13)5-7)16-6-8-2-3-8/h4-5,8H,2-3,6H2,1H3,(H,14,15). The molecule has 0 aliphatic heterocycles. The molecule has 3 nitrogen and oxygen atoms in total. The van der Waals surface area contributed by atoms with Gasteiger partial charge in [-0.1, -0.05) is 11.6 Å². The number of ether oxygens (including phenoxy) is 1. The van der Waals surface area contributed by atoms with Crippen molar-refractivity contribution < 1.29 is 14.6 Å². The van der Waals surface area contributed by atoms with Crippen LogP contribution in [0.1, 0.15) is 28.8 Å². The summed E-state index contributed by atoms with van der Waals surface area (Å²) in [6.45, 7) is 2.37. The maximum atomic E-state index is 11.0. The van der Waals surface area contributed by atoms with Crippen molar-refractivity contribution in [1.29, 1.82) is 0 Å². The molecule has 1 saturated carbocycles. The topological polar surface area (TPSA) is 46.5 Å². The molecular formula is C12H13ClO3. The maximum absolute atomic E-state index is 11.0. The average Bonchev–Trinajstić information content (AvgIpc) is 2.98. The Morgan fingerprint density at radius 2 is 2.25 bits per heavy atom. The number of rotatable bonds is 4. The van der Waals surface area contributed by atoms with Crippen LogP contribution in [0.3, 0.4) is 0 Å². The number of hydrogen-bond donors (Lipinski definition) is 1. The predicted octanol–water partition coefficient (Wildman–Crippen LogP) is 3.14. The lowest BCUT2D eigenvalue weighted by Crippen LogP contribution is -2.06. The van der Waals surface area contributed by atoms with Crippen molar-refractivity contribution in [3.63, 3.8) is 0 Å². The van der Waals surface area contributed by atoms with Crippen LogP contribution in [0.2, 0.25) is 5.02 Å². The van der Waals surface area contributed by atoms with E-state index < -0.39 is 5.97 Å². The lowest BCUT2D eigenvalue weighted by atomic mass is 10.1. The molecule has 1 aromatic rings. The van der Waals surface area contributed by atoms with Gasteiger partial charge in [0.2, 0.25) is 0 Å². The molecule has 0 unspecified atom stereocenters. The minimum absolute atomic E-state index is 0.144. The monoisotopic (exact) mass is 240 g/mol. The Morgan fingerprint density at radius 3 is 2.81 bits per heavy atom. The molecule has 0 amide bonds. The van der Waals surface area contributed by atoms with Crippen LogP contribution in [-0.2, 0) is 0 Å². The van der Waals surface area contributed by atoms with Gasteiger partial charge >= 0.3 is 5.97 Å². The minimum Gasteiger partial charge on any atom is -0.491 e. The van der Waals surface area contributed by atoms with Crippen molar-refractivity contribution in [2.75, 3.05) is 6.61 Å². The van der Waals surface area contributed by atoms with E-state index in [2.05, 4.69) is 0 Å². The molecule has 16 heavy (non-hydrogen) atoms. The lowest BCUT2D eigenvalue weighted by molar-refractivity contribution is 0.0692. The smallest absolute Gasteiger partial charge is 0.339 e. The fraction of sp³-hybridized carbons (Fsp3) is 0.417. The first-order valence-corrected chi connectivity index (χ1v) is 5.62. The Labute approximate surface area is 99.0 Å². The van der Waals surface area contributed by atoms with E-state index in [-0.39, 0.29) is 5.56 Å².